The van der Waals surface area contributed by atoms with Crippen LogP contribution in [0.15, 0.2) is 45.7 Å². The molecule has 8 heteroatoms. The van der Waals surface area contributed by atoms with Crippen LogP contribution in [0.5, 0.6) is 0 Å². The first-order valence-corrected chi connectivity index (χ1v) is 10.2. The first-order chi connectivity index (χ1) is 14.3. The van der Waals surface area contributed by atoms with Crippen LogP contribution in [0, 0.1) is 6.92 Å². The van der Waals surface area contributed by atoms with E-state index in [0.717, 1.165) is 11.3 Å². The SMILES string of the molecule is Cc1ccc(-c2noc(CCC(=O)N[C@@H](C)c3ccc(Cl)cc3)n2)c(=O)n1C(C)C. The van der Waals surface area contributed by atoms with E-state index in [2.05, 4.69) is 15.5 Å². The number of hydrogen-bond acceptors (Lipinski definition) is 5. The van der Waals surface area contributed by atoms with Crippen LogP contribution in [0.25, 0.3) is 11.4 Å². The molecule has 3 rings (SSSR count). The molecule has 2 heterocycles. The fraction of sp³-hybridized carbons (Fsp3) is 0.364. The molecule has 1 N–H and O–H groups in total. The Morgan fingerprint density at radius 1 is 1.17 bits per heavy atom. The van der Waals surface area contributed by atoms with Crippen molar-refractivity contribution in [3.8, 4) is 11.4 Å². The molecule has 0 saturated heterocycles. The predicted molar refractivity (Wildman–Crippen MR) is 115 cm³/mol. The predicted octanol–water partition coefficient (Wildman–Crippen LogP) is 4.25. The highest BCUT2D eigenvalue weighted by molar-refractivity contribution is 6.30. The van der Waals surface area contributed by atoms with E-state index in [1.54, 1.807) is 22.8 Å². The summed E-state index contributed by atoms with van der Waals surface area (Å²) in [6.45, 7) is 7.69. The van der Waals surface area contributed by atoms with E-state index in [1.807, 2.05) is 45.9 Å². The zero-order chi connectivity index (χ0) is 21.8. The van der Waals surface area contributed by atoms with Crippen LogP contribution >= 0.6 is 11.6 Å². The monoisotopic (exact) mass is 428 g/mol. The molecular formula is C22H25ClN4O3. The highest BCUT2D eigenvalue weighted by Gasteiger charge is 2.17. The van der Waals surface area contributed by atoms with Gasteiger partial charge in [-0.25, -0.2) is 0 Å². The molecule has 30 heavy (non-hydrogen) atoms. The third-order valence-electron chi connectivity index (χ3n) is 4.86. The average molecular weight is 429 g/mol. The number of aryl methyl sites for hydroxylation is 2. The minimum absolute atomic E-state index is 0.0233. The van der Waals surface area contributed by atoms with Gasteiger partial charge in [-0.05, 0) is 57.5 Å². The van der Waals surface area contributed by atoms with Crippen molar-refractivity contribution in [2.45, 2.75) is 52.6 Å². The Kier molecular flexibility index (Phi) is 6.72. The molecule has 0 aliphatic heterocycles. The van der Waals surface area contributed by atoms with Gasteiger partial charge in [0.05, 0.1) is 11.6 Å². The summed E-state index contributed by atoms with van der Waals surface area (Å²) in [4.78, 5) is 29.3. The maximum Gasteiger partial charge on any atom is 0.262 e. The Hall–Kier alpha value is -2.93. The van der Waals surface area contributed by atoms with E-state index < -0.39 is 0 Å². The molecule has 0 saturated carbocycles. The summed E-state index contributed by atoms with van der Waals surface area (Å²) >= 11 is 5.90. The number of amides is 1. The maximum atomic E-state index is 12.8. The summed E-state index contributed by atoms with van der Waals surface area (Å²) in [6, 6.07) is 10.8. The van der Waals surface area contributed by atoms with Gasteiger partial charge in [0.2, 0.25) is 17.6 Å². The molecule has 0 fully saturated rings. The van der Waals surface area contributed by atoms with Crippen molar-refractivity contribution >= 4 is 17.5 Å². The second-order valence-electron chi connectivity index (χ2n) is 7.51. The van der Waals surface area contributed by atoms with E-state index in [-0.39, 0.29) is 42.2 Å². The number of aromatic nitrogens is 3. The van der Waals surface area contributed by atoms with Gasteiger partial charge in [-0.3, -0.25) is 9.59 Å². The van der Waals surface area contributed by atoms with Gasteiger partial charge in [0.25, 0.3) is 5.56 Å². The lowest BCUT2D eigenvalue weighted by Gasteiger charge is -2.14. The van der Waals surface area contributed by atoms with Gasteiger partial charge >= 0.3 is 0 Å². The second-order valence-corrected chi connectivity index (χ2v) is 7.95. The number of halogens is 1. The number of nitrogens with zero attached hydrogens (tertiary/aromatic N) is 3. The zero-order valence-electron chi connectivity index (χ0n) is 17.5. The number of hydrogen-bond donors (Lipinski definition) is 1. The van der Waals surface area contributed by atoms with Crippen molar-refractivity contribution in [3.63, 3.8) is 0 Å². The van der Waals surface area contributed by atoms with E-state index in [9.17, 15) is 9.59 Å². The molecule has 1 amide bonds. The van der Waals surface area contributed by atoms with Crippen LogP contribution < -0.4 is 10.9 Å². The lowest BCUT2D eigenvalue weighted by Crippen LogP contribution is -2.26. The molecule has 1 aromatic carbocycles. The molecule has 1 atom stereocenters. The quantitative estimate of drug-likeness (QED) is 0.607. The summed E-state index contributed by atoms with van der Waals surface area (Å²) in [5.41, 5.74) is 2.06. The Morgan fingerprint density at radius 2 is 1.87 bits per heavy atom. The first kappa shape index (κ1) is 21.8. The lowest BCUT2D eigenvalue weighted by atomic mass is 10.1. The molecule has 7 nitrogen and oxygen atoms in total. The van der Waals surface area contributed by atoms with E-state index in [0.29, 0.717) is 16.5 Å². The molecule has 0 bridgehead atoms. The molecule has 158 valence electrons. The fourth-order valence-electron chi connectivity index (χ4n) is 3.29. The summed E-state index contributed by atoms with van der Waals surface area (Å²) in [7, 11) is 0. The van der Waals surface area contributed by atoms with Gasteiger partial charge in [0.1, 0.15) is 0 Å². The smallest absolute Gasteiger partial charge is 0.262 e. The topological polar surface area (TPSA) is 90.0 Å². The van der Waals surface area contributed by atoms with Crippen molar-refractivity contribution in [1.29, 1.82) is 0 Å². The van der Waals surface area contributed by atoms with Gasteiger partial charge in [-0.15, -0.1) is 0 Å². The minimum atomic E-state index is -0.160. The number of benzene rings is 1. The standard InChI is InChI=1S/C22H25ClN4O3/c1-13(2)27-14(3)5-10-18(22(27)29)21-25-20(30-26-21)12-11-19(28)24-15(4)16-6-8-17(23)9-7-16/h5-10,13,15H,11-12H2,1-4H3,(H,24,28)/t15-/m0/s1. The molecule has 0 unspecified atom stereocenters. The molecule has 0 radical (unpaired) electrons. The first-order valence-electron chi connectivity index (χ1n) is 9.86. The molecule has 0 spiro atoms. The largest absolute Gasteiger partial charge is 0.350 e. The summed E-state index contributed by atoms with van der Waals surface area (Å²) in [6.07, 6.45) is 0.486. The summed E-state index contributed by atoms with van der Waals surface area (Å²) in [5.74, 6) is 0.421. The summed E-state index contributed by atoms with van der Waals surface area (Å²) < 4.78 is 6.95. The minimum Gasteiger partial charge on any atom is -0.350 e. The fourth-order valence-corrected chi connectivity index (χ4v) is 3.42. The molecule has 0 aliphatic carbocycles. The number of carbonyl (C=O) groups excluding carboxylic acids is 1. The third-order valence-corrected chi connectivity index (χ3v) is 5.11. The van der Waals surface area contributed by atoms with Crippen molar-refractivity contribution in [1.82, 2.24) is 20.0 Å². The van der Waals surface area contributed by atoms with Gasteiger partial charge in [0, 0.05) is 29.6 Å². The Morgan fingerprint density at radius 3 is 2.53 bits per heavy atom. The van der Waals surface area contributed by atoms with Crippen LogP contribution in [-0.2, 0) is 11.2 Å². The number of carbonyl (C=O) groups is 1. The number of nitrogens with one attached hydrogen (secondary N) is 1. The molecule has 2 aromatic heterocycles. The third kappa shape index (κ3) is 4.97. The Balaban J connectivity index is 1.64. The Bertz CT molecular complexity index is 1090. The van der Waals surface area contributed by atoms with Crippen LogP contribution in [0.3, 0.4) is 0 Å². The maximum absolute atomic E-state index is 12.8. The second kappa shape index (κ2) is 9.26. The molecule has 3 aromatic rings. The lowest BCUT2D eigenvalue weighted by molar-refractivity contribution is -0.121. The van der Waals surface area contributed by atoms with Crippen LogP contribution in [-0.4, -0.2) is 20.6 Å². The van der Waals surface area contributed by atoms with Gasteiger partial charge < -0.3 is 14.4 Å². The van der Waals surface area contributed by atoms with Crippen molar-refractivity contribution < 1.29 is 9.32 Å². The number of rotatable bonds is 7. The van der Waals surface area contributed by atoms with Crippen LogP contribution in [0.2, 0.25) is 5.02 Å². The number of pyridine rings is 1. The van der Waals surface area contributed by atoms with E-state index >= 15 is 0 Å². The summed E-state index contributed by atoms with van der Waals surface area (Å²) in [5, 5.41) is 7.51. The average Bonchev–Trinajstić information content (AvgIpc) is 3.15. The molecular weight excluding hydrogens is 404 g/mol. The van der Waals surface area contributed by atoms with Crippen molar-refractivity contribution in [2.75, 3.05) is 0 Å². The van der Waals surface area contributed by atoms with E-state index in [4.69, 9.17) is 16.1 Å². The highest BCUT2D eigenvalue weighted by Crippen LogP contribution is 2.17. The normalized spacial score (nSPS) is 12.2. The van der Waals surface area contributed by atoms with Gasteiger partial charge in [-0.2, -0.15) is 4.98 Å². The van der Waals surface area contributed by atoms with Crippen LogP contribution in [0.4, 0.5) is 0 Å². The Labute approximate surface area is 180 Å². The van der Waals surface area contributed by atoms with Crippen molar-refractivity contribution in [2.24, 2.45) is 0 Å². The van der Waals surface area contributed by atoms with E-state index in [1.165, 1.54) is 0 Å². The van der Waals surface area contributed by atoms with Crippen LogP contribution in [0.1, 0.15) is 56.4 Å². The zero-order valence-corrected chi connectivity index (χ0v) is 18.2. The van der Waals surface area contributed by atoms with Gasteiger partial charge in [-0.1, -0.05) is 28.9 Å². The van der Waals surface area contributed by atoms with Gasteiger partial charge in [0.15, 0.2) is 0 Å². The van der Waals surface area contributed by atoms with Crippen molar-refractivity contribution in [3.05, 3.63) is 68.9 Å². The highest BCUT2D eigenvalue weighted by atomic mass is 35.5. The molecule has 0 aliphatic rings.